The maximum Gasteiger partial charge on any atom is 0.355 e. The third-order valence-corrected chi connectivity index (χ3v) is 6.82. The SMILES string of the molecule is CN(C)CCN1CCCc2cc(Nc3ncc4c(N)n(-c5c(Cl)cccc5Cl)c(=O)nc4n3)ccc21. The molecular formula is C25H26Cl2N8O. The second-order valence-corrected chi connectivity index (χ2v) is 9.79. The van der Waals surface area contributed by atoms with Crippen LogP contribution < -0.4 is 21.6 Å². The summed E-state index contributed by atoms with van der Waals surface area (Å²) in [5.74, 6) is 0.431. The van der Waals surface area contributed by atoms with Crippen LogP contribution in [0.25, 0.3) is 16.7 Å². The van der Waals surface area contributed by atoms with Gasteiger partial charge in [0.1, 0.15) is 5.82 Å². The van der Waals surface area contributed by atoms with Crippen LogP contribution in [0.4, 0.5) is 23.1 Å². The second kappa shape index (κ2) is 9.93. The van der Waals surface area contributed by atoms with Crippen LogP contribution in [0.3, 0.4) is 0 Å². The van der Waals surface area contributed by atoms with Gasteiger partial charge in [0.15, 0.2) is 5.65 Å². The molecule has 0 bridgehead atoms. The number of nitrogen functional groups attached to an aromatic ring is 1. The van der Waals surface area contributed by atoms with Crippen LogP contribution in [0.1, 0.15) is 12.0 Å². The molecule has 0 radical (unpaired) electrons. The maximum absolute atomic E-state index is 12.9. The Balaban J connectivity index is 1.45. The first kappa shape index (κ1) is 24.3. The molecule has 0 unspecified atom stereocenters. The lowest BCUT2D eigenvalue weighted by Crippen LogP contribution is -2.35. The van der Waals surface area contributed by atoms with Gasteiger partial charge in [0.25, 0.3) is 0 Å². The van der Waals surface area contributed by atoms with E-state index in [1.54, 1.807) is 18.2 Å². The minimum Gasteiger partial charge on any atom is -0.384 e. The number of para-hydroxylation sites is 1. The van der Waals surface area contributed by atoms with Crippen molar-refractivity contribution in [3.05, 3.63) is 68.7 Å². The topological polar surface area (TPSA) is 105 Å². The summed E-state index contributed by atoms with van der Waals surface area (Å²) in [4.78, 5) is 30.5. The number of nitrogens with zero attached hydrogens (tertiary/aromatic N) is 6. The number of anilines is 4. The molecule has 0 saturated carbocycles. The van der Waals surface area contributed by atoms with Crippen LogP contribution in [0.15, 0.2) is 47.4 Å². The van der Waals surface area contributed by atoms with E-state index < -0.39 is 5.69 Å². The molecular weight excluding hydrogens is 499 g/mol. The predicted octanol–water partition coefficient (Wildman–Crippen LogP) is 4.12. The molecule has 186 valence electrons. The fourth-order valence-corrected chi connectivity index (χ4v) is 4.98. The molecule has 3 N–H and O–H groups in total. The third kappa shape index (κ3) is 4.69. The van der Waals surface area contributed by atoms with Crippen LogP contribution in [0.5, 0.6) is 0 Å². The van der Waals surface area contributed by atoms with Crippen LogP contribution >= 0.6 is 23.2 Å². The monoisotopic (exact) mass is 524 g/mol. The highest BCUT2D eigenvalue weighted by molar-refractivity contribution is 6.37. The van der Waals surface area contributed by atoms with E-state index >= 15 is 0 Å². The van der Waals surface area contributed by atoms with Gasteiger partial charge in [-0.25, -0.2) is 14.3 Å². The zero-order valence-electron chi connectivity index (χ0n) is 20.0. The normalized spacial score (nSPS) is 13.3. The first-order valence-electron chi connectivity index (χ1n) is 11.6. The number of likely N-dealkylation sites (N-methyl/N-ethyl adjacent to an activating group) is 1. The van der Waals surface area contributed by atoms with Gasteiger partial charge >= 0.3 is 5.69 Å². The minimum atomic E-state index is -0.633. The summed E-state index contributed by atoms with van der Waals surface area (Å²) in [7, 11) is 4.18. The van der Waals surface area contributed by atoms with Crippen molar-refractivity contribution >= 4 is 57.4 Å². The highest BCUT2D eigenvalue weighted by Crippen LogP contribution is 2.32. The van der Waals surface area contributed by atoms with Gasteiger partial charge in [-0.3, -0.25) is 0 Å². The van der Waals surface area contributed by atoms with E-state index in [0.29, 0.717) is 11.3 Å². The second-order valence-electron chi connectivity index (χ2n) is 8.98. The Morgan fingerprint density at radius 2 is 1.92 bits per heavy atom. The van der Waals surface area contributed by atoms with E-state index in [2.05, 4.69) is 56.3 Å². The lowest BCUT2D eigenvalue weighted by molar-refractivity contribution is 0.411. The Labute approximate surface area is 218 Å². The molecule has 2 aromatic heterocycles. The number of nitrogens with one attached hydrogen (secondary N) is 1. The van der Waals surface area contributed by atoms with Gasteiger partial charge in [0.2, 0.25) is 5.95 Å². The molecule has 3 heterocycles. The Morgan fingerprint density at radius 3 is 2.67 bits per heavy atom. The highest BCUT2D eigenvalue weighted by Gasteiger charge is 2.19. The van der Waals surface area contributed by atoms with Gasteiger partial charge in [-0.15, -0.1) is 0 Å². The Hall–Kier alpha value is -3.40. The number of hydrogen-bond donors (Lipinski definition) is 2. The van der Waals surface area contributed by atoms with Crippen molar-refractivity contribution in [1.82, 2.24) is 24.4 Å². The van der Waals surface area contributed by atoms with Gasteiger partial charge in [-0.05, 0) is 62.8 Å². The molecule has 4 aromatic rings. The van der Waals surface area contributed by atoms with Crippen molar-refractivity contribution < 1.29 is 0 Å². The molecule has 0 atom stereocenters. The molecule has 0 aliphatic carbocycles. The number of halogens is 2. The van der Waals surface area contributed by atoms with E-state index in [0.717, 1.165) is 38.2 Å². The third-order valence-electron chi connectivity index (χ3n) is 6.21. The fraction of sp³-hybridized carbons (Fsp3) is 0.280. The number of aromatic nitrogens is 4. The molecule has 1 aliphatic heterocycles. The molecule has 1 aliphatic rings. The van der Waals surface area contributed by atoms with Crippen molar-refractivity contribution in [1.29, 1.82) is 0 Å². The average Bonchev–Trinajstić information content (AvgIpc) is 2.84. The predicted molar refractivity (Wildman–Crippen MR) is 146 cm³/mol. The highest BCUT2D eigenvalue weighted by atomic mass is 35.5. The summed E-state index contributed by atoms with van der Waals surface area (Å²) in [6, 6.07) is 11.2. The summed E-state index contributed by atoms with van der Waals surface area (Å²) >= 11 is 12.6. The lowest BCUT2D eigenvalue weighted by Gasteiger charge is -2.32. The number of nitrogens with two attached hydrogens (primary N) is 1. The molecule has 0 saturated heterocycles. The van der Waals surface area contributed by atoms with E-state index in [4.69, 9.17) is 28.9 Å². The van der Waals surface area contributed by atoms with Crippen molar-refractivity contribution in [2.45, 2.75) is 12.8 Å². The number of rotatable bonds is 6. The van der Waals surface area contributed by atoms with E-state index in [9.17, 15) is 4.79 Å². The molecule has 0 fully saturated rings. The summed E-state index contributed by atoms with van der Waals surface area (Å²) in [5.41, 5.74) is 9.56. The largest absolute Gasteiger partial charge is 0.384 e. The van der Waals surface area contributed by atoms with Crippen LogP contribution in [-0.2, 0) is 6.42 Å². The van der Waals surface area contributed by atoms with Crippen molar-refractivity contribution in [3.8, 4) is 5.69 Å². The summed E-state index contributed by atoms with van der Waals surface area (Å²) in [5, 5.41) is 4.21. The fourth-order valence-electron chi connectivity index (χ4n) is 4.42. The molecule has 0 spiro atoms. The molecule has 0 amide bonds. The molecule has 2 aromatic carbocycles. The van der Waals surface area contributed by atoms with Crippen molar-refractivity contribution in [3.63, 3.8) is 0 Å². The molecule has 36 heavy (non-hydrogen) atoms. The van der Waals surface area contributed by atoms with Crippen LogP contribution in [0.2, 0.25) is 10.0 Å². The average molecular weight is 525 g/mol. The molecule has 5 rings (SSSR count). The minimum absolute atomic E-state index is 0.109. The van der Waals surface area contributed by atoms with E-state index in [1.165, 1.54) is 22.0 Å². The first-order valence-corrected chi connectivity index (χ1v) is 12.4. The number of aryl methyl sites for hydroxylation is 1. The summed E-state index contributed by atoms with van der Waals surface area (Å²) in [6.45, 7) is 3.06. The Morgan fingerprint density at radius 1 is 1.14 bits per heavy atom. The summed E-state index contributed by atoms with van der Waals surface area (Å²) in [6.07, 6.45) is 3.67. The van der Waals surface area contributed by atoms with E-state index in [-0.39, 0.29) is 27.2 Å². The zero-order chi connectivity index (χ0) is 25.4. The van der Waals surface area contributed by atoms with Gasteiger partial charge in [0, 0.05) is 37.2 Å². The number of benzene rings is 2. The Kier molecular flexibility index (Phi) is 6.70. The Bertz CT molecular complexity index is 1480. The van der Waals surface area contributed by atoms with Crippen LogP contribution in [-0.4, -0.2) is 58.1 Å². The zero-order valence-corrected chi connectivity index (χ0v) is 21.5. The molecule has 11 heteroatoms. The molecule has 9 nitrogen and oxygen atoms in total. The first-order chi connectivity index (χ1) is 17.3. The van der Waals surface area contributed by atoms with Gasteiger partial charge < -0.3 is 20.9 Å². The van der Waals surface area contributed by atoms with Crippen molar-refractivity contribution in [2.75, 3.05) is 49.7 Å². The van der Waals surface area contributed by atoms with Gasteiger partial charge in [-0.2, -0.15) is 9.97 Å². The quantitative estimate of drug-likeness (QED) is 0.388. The number of fused-ring (bicyclic) bond motifs is 2. The standard InChI is InChI=1S/C25H26Cl2N8O/c1-33(2)11-12-34-10-4-5-15-13-16(8-9-20(15)34)30-24-29-14-17-22(28)35(25(36)32-23(17)31-24)21-18(26)6-3-7-19(21)27/h3,6-9,13-14H,4-5,10-12,28H2,1-2H3,(H,30,31,32,36). The van der Waals surface area contributed by atoms with E-state index in [1.807, 2.05) is 6.07 Å². The van der Waals surface area contributed by atoms with Crippen LogP contribution in [0, 0.1) is 0 Å². The van der Waals surface area contributed by atoms with Gasteiger partial charge in [-0.1, -0.05) is 29.3 Å². The van der Waals surface area contributed by atoms with Crippen molar-refractivity contribution in [2.24, 2.45) is 0 Å². The number of hydrogen-bond acceptors (Lipinski definition) is 8. The summed E-state index contributed by atoms with van der Waals surface area (Å²) < 4.78 is 1.18. The lowest BCUT2D eigenvalue weighted by atomic mass is 10.0. The smallest absolute Gasteiger partial charge is 0.355 e. The maximum atomic E-state index is 12.9. The van der Waals surface area contributed by atoms with Gasteiger partial charge in [0.05, 0.1) is 21.1 Å².